The summed E-state index contributed by atoms with van der Waals surface area (Å²) in [5.41, 5.74) is 1.49. The number of fused-ring (bicyclic) bond motifs is 1. The Balaban J connectivity index is 0.000000211. The minimum Gasteiger partial charge on any atom is -0.462 e. The van der Waals surface area contributed by atoms with Crippen LogP contribution in [0, 0.1) is 0 Å². The van der Waals surface area contributed by atoms with Crippen LogP contribution in [0.25, 0.3) is 0 Å². The highest BCUT2D eigenvalue weighted by atomic mass is 32.1. The van der Waals surface area contributed by atoms with Crippen molar-refractivity contribution >= 4 is 23.1 Å². The number of likely N-dealkylation sites (N-methyl/N-ethyl adjacent to an activating group) is 1. The molecule has 122 valence electrons. The molecule has 1 aliphatic carbocycles. The van der Waals surface area contributed by atoms with E-state index in [-0.39, 0.29) is 11.8 Å². The monoisotopic (exact) mass is 325 g/mol. The first kappa shape index (κ1) is 17.1. The minimum atomic E-state index is -0.301. The number of ether oxygens (including phenoxy) is 2. The molecule has 1 aromatic heterocycles. The molecular formula is C16H23NO4S. The summed E-state index contributed by atoms with van der Waals surface area (Å²) in [4.78, 5) is 26.1. The number of thiophene rings is 1. The van der Waals surface area contributed by atoms with E-state index in [1.165, 1.54) is 11.3 Å². The maximum atomic E-state index is 11.6. The predicted molar refractivity (Wildman–Crippen MR) is 85.9 cm³/mol. The van der Waals surface area contributed by atoms with E-state index >= 15 is 0 Å². The molecule has 0 saturated carbocycles. The molecule has 0 unspecified atom stereocenters. The lowest BCUT2D eigenvalue weighted by Crippen LogP contribution is -2.32. The Labute approximate surface area is 135 Å². The molecule has 1 aliphatic heterocycles. The summed E-state index contributed by atoms with van der Waals surface area (Å²) in [5.74, 6) is -0.138. The highest BCUT2D eigenvalue weighted by Crippen LogP contribution is 2.30. The number of hydrogen-bond donors (Lipinski definition) is 0. The first-order valence-electron chi connectivity index (χ1n) is 7.70. The van der Waals surface area contributed by atoms with Gasteiger partial charge in [-0.25, -0.2) is 4.79 Å². The molecule has 5 nitrogen and oxygen atoms in total. The average molecular weight is 325 g/mol. The molecule has 0 spiro atoms. The third-order valence-electron chi connectivity index (χ3n) is 3.71. The van der Waals surface area contributed by atoms with Gasteiger partial charge in [-0.2, -0.15) is 0 Å². The maximum absolute atomic E-state index is 11.6. The van der Waals surface area contributed by atoms with Gasteiger partial charge >= 0.3 is 5.97 Å². The number of esters is 1. The van der Waals surface area contributed by atoms with Gasteiger partial charge in [-0.05, 0) is 32.4 Å². The molecule has 0 radical (unpaired) electrons. The smallest absolute Gasteiger partial charge is 0.339 e. The highest BCUT2D eigenvalue weighted by Gasteiger charge is 2.25. The Morgan fingerprint density at radius 2 is 2.09 bits per heavy atom. The van der Waals surface area contributed by atoms with Crippen molar-refractivity contribution in [2.75, 3.05) is 40.0 Å². The molecule has 0 bridgehead atoms. The van der Waals surface area contributed by atoms with Crippen LogP contribution in [0.5, 0.6) is 0 Å². The summed E-state index contributed by atoms with van der Waals surface area (Å²) in [6, 6.07) is 0. The van der Waals surface area contributed by atoms with Crippen LogP contribution in [-0.4, -0.2) is 56.6 Å². The van der Waals surface area contributed by atoms with Gasteiger partial charge in [0.05, 0.1) is 30.3 Å². The number of morpholine rings is 1. The summed E-state index contributed by atoms with van der Waals surface area (Å²) >= 11 is 1.36. The van der Waals surface area contributed by atoms with Gasteiger partial charge in [-0.1, -0.05) is 0 Å². The van der Waals surface area contributed by atoms with Gasteiger partial charge in [0, 0.05) is 24.9 Å². The molecule has 0 aromatic carbocycles. The Hall–Kier alpha value is -1.24. The number of hydrogen-bond acceptors (Lipinski definition) is 6. The van der Waals surface area contributed by atoms with Crippen molar-refractivity contribution < 1.29 is 19.1 Å². The topological polar surface area (TPSA) is 55.8 Å². The number of rotatable bonds is 2. The van der Waals surface area contributed by atoms with Gasteiger partial charge in [0.15, 0.2) is 5.78 Å². The number of carbonyl (C=O) groups excluding carboxylic acids is 2. The van der Waals surface area contributed by atoms with E-state index in [1.807, 2.05) is 0 Å². The molecule has 1 fully saturated rings. The average Bonchev–Trinajstić information content (AvgIpc) is 2.94. The van der Waals surface area contributed by atoms with Gasteiger partial charge < -0.3 is 14.4 Å². The van der Waals surface area contributed by atoms with Crippen LogP contribution in [0.15, 0.2) is 5.38 Å². The van der Waals surface area contributed by atoms with Crippen LogP contribution in [0.3, 0.4) is 0 Å². The lowest BCUT2D eigenvalue weighted by molar-refractivity contribution is 0.0503. The van der Waals surface area contributed by atoms with E-state index < -0.39 is 0 Å². The fourth-order valence-corrected chi connectivity index (χ4v) is 3.50. The largest absolute Gasteiger partial charge is 0.462 e. The molecule has 6 heteroatoms. The van der Waals surface area contributed by atoms with E-state index in [9.17, 15) is 9.59 Å². The van der Waals surface area contributed by atoms with E-state index in [0.717, 1.165) is 49.6 Å². The van der Waals surface area contributed by atoms with Crippen molar-refractivity contribution in [3.05, 3.63) is 21.4 Å². The molecule has 1 saturated heterocycles. The Morgan fingerprint density at radius 3 is 2.68 bits per heavy atom. The van der Waals surface area contributed by atoms with Crippen molar-refractivity contribution in [3.63, 3.8) is 0 Å². The van der Waals surface area contributed by atoms with Crippen LogP contribution in [0.4, 0.5) is 0 Å². The molecule has 0 atom stereocenters. The first-order chi connectivity index (χ1) is 10.6. The molecule has 1 aromatic rings. The summed E-state index contributed by atoms with van der Waals surface area (Å²) in [6.45, 7) is 6.17. The standard InChI is InChI=1S/C11H12O3S.C5H11NO/c1-2-14-11(13)8-6-15-10-7(8)4-3-5-9(10)12;1-6-2-4-7-5-3-6/h6H,2-5H2,1H3;2-5H2,1H3. The van der Waals surface area contributed by atoms with Gasteiger partial charge in [-0.15, -0.1) is 11.3 Å². The summed E-state index contributed by atoms with van der Waals surface area (Å²) in [6.07, 6.45) is 2.27. The van der Waals surface area contributed by atoms with E-state index in [0.29, 0.717) is 18.6 Å². The van der Waals surface area contributed by atoms with Crippen LogP contribution in [-0.2, 0) is 15.9 Å². The lowest BCUT2D eigenvalue weighted by atomic mass is 9.95. The molecule has 0 amide bonds. The van der Waals surface area contributed by atoms with E-state index in [1.54, 1.807) is 12.3 Å². The quantitative estimate of drug-likeness (QED) is 0.782. The van der Waals surface area contributed by atoms with Crippen molar-refractivity contribution in [3.8, 4) is 0 Å². The molecule has 22 heavy (non-hydrogen) atoms. The number of ketones is 1. The second-order valence-electron chi connectivity index (χ2n) is 5.37. The van der Waals surface area contributed by atoms with E-state index in [2.05, 4.69) is 11.9 Å². The third-order valence-corrected chi connectivity index (χ3v) is 4.77. The molecular weight excluding hydrogens is 302 g/mol. The van der Waals surface area contributed by atoms with Crippen LogP contribution in [0.1, 0.15) is 45.4 Å². The van der Waals surface area contributed by atoms with Crippen molar-refractivity contribution in [1.82, 2.24) is 4.90 Å². The number of Topliss-reactive ketones (excluding diaryl/α,β-unsaturated/α-hetero) is 1. The maximum Gasteiger partial charge on any atom is 0.339 e. The second-order valence-corrected chi connectivity index (χ2v) is 6.25. The summed E-state index contributed by atoms with van der Waals surface area (Å²) < 4.78 is 10.0. The zero-order valence-corrected chi connectivity index (χ0v) is 14.0. The third kappa shape index (κ3) is 4.38. The normalized spacial score (nSPS) is 18.2. The Bertz CT molecular complexity index is 520. The first-order valence-corrected chi connectivity index (χ1v) is 8.58. The lowest BCUT2D eigenvalue weighted by Gasteiger charge is -2.21. The molecule has 3 rings (SSSR count). The van der Waals surface area contributed by atoms with Crippen LogP contribution >= 0.6 is 11.3 Å². The van der Waals surface area contributed by atoms with Gasteiger partial charge in [0.25, 0.3) is 0 Å². The summed E-state index contributed by atoms with van der Waals surface area (Å²) in [7, 11) is 2.11. The van der Waals surface area contributed by atoms with Crippen molar-refractivity contribution in [1.29, 1.82) is 0 Å². The zero-order chi connectivity index (χ0) is 15.9. The van der Waals surface area contributed by atoms with Crippen molar-refractivity contribution in [2.45, 2.75) is 26.2 Å². The SMILES string of the molecule is CCOC(=O)c1csc2c1CCCC2=O.CN1CCOCC1. The van der Waals surface area contributed by atoms with Crippen molar-refractivity contribution in [2.24, 2.45) is 0 Å². The molecule has 0 N–H and O–H groups in total. The van der Waals surface area contributed by atoms with Crippen LogP contribution < -0.4 is 0 Å². The fourth-order valence-electron chi connectivity index (χ4n) is 2.44. The predicted octanol–water partition coefficient (Wildman–Crippen LogP) is 2.39. The Kier molecular flexibility index (Phi) is 6.54. The summed E-state index contributed by atoms with van der Waals surface area (Å²) in [5, 5.41) is 1.74. The van der Waals surface area contributed by atoms with Crippen LogP contribution in [0.2, 0.25) is 0 Å². The molecule has 2 aliphatic rings. The van der Waals surface area contributed by atoms with Gasteiger partial charge in [0.2, 0.25) is 0 Å². The fraction of sp³-hybridized carbons (Fsp3) is 0.625. The molecule has 2 heterocycles. The number of nitrogens with zero attached hydrogens (tertiary/aromatic N) is 1. The van der Waals surface area contributed by atoms with Gasteiger partial charge in [-0.3, -0.25) is 4.79 Å². The van der Waals surface area contributed by atoms with Gasteiger partial charge in [0.1, 0.15) is 0 Å². The second kappa shape index (κ2) is 8.41. The number of carbonyl (C=O) groups is 2. The van der Waals surface area contributed by atoms with E-state index in [4.69, 9.17) is 9.47 Å². The zero-order valence-electron chi connectivity index (χ0n) is 13.2. The Morgan fingerprint density at radius 1 is 1.36 bits per heavy atom. The highest BCUT2D eigenvalue weighted by molar-refractivity contribution is 7.12. The minimum absolute atomic E-state index is 0.164.